The molecule has 0 aliphatic heterocycles. The van der Waals surface area contributed by atoms with Crippen molar-refractivity contribution in [2.24, 2.45) is 5.92 Å². The van der Waals surface area contributed by atoms with Gasteiger partial charge in [0.2, 0.25) is 11.8 Å². The van der Waals surface area contributed by atoms with E-state index in [-0.39, 0.29) is 17.9 Å². The monoisotopic (exact) mass is 258 g/mol. The number of nitrogens with zero attached hydrogens (tertiary/aromatic N) is 1. The number of rotatable bonds is 6. The molecule has 0 saturated heterocycles. The number of amides is 2. The molecule has 1 N–H and O–H groups in total. The van der Waals surface area contributed by atoms with Gasteiger partial charge in [-0.15, -0.1) is 0 Å². The smallest absolute Gasteiger partial charge is 0.246 e. The Labute approximate surface area is 109 Å². The van der Waals surface area contributed by atoms with Crippen molar-refractivity contribution < 1.29 is 9.59 Å². The van der Waals surface area contributed by atoms with Crippen molar-refractivity contribution in [1.82, 2.24) is 10.2 Å². The summed E-state index contributed by atoms with van der Waals surface area (Å²) < 4.78 is 0. The van der Waals surface area contributed by atoms with Crippen LogP contribution in [-0.2, 0) is 9.59 Å². The van der Waals surface area contributed by atoms with E-state index in [1.165, 1.54) is 19.8 Å². The van der Waals surface area contributed by atoms with Crippen LogP contribution < -0.4 is 5.32 Å². The summed E-state index contributed by atoms with van der Waals surface area (Å²) >= 11 is 4.14. The van der Waals surface area contributed by atoms with Crippen LogP contribution in [0.25, 0.3) is 0 Å². The summed E-state index contributed by atoms with van der Waals surface area (Å²) in [6.45, 7) is 6.23. The van der Waals surface area contributed by atoms with E-state index in [2.05, 4.69) is 17.9 Å². The zero-order valence-electron chi connectivity index (χ0n) is 10.8. The highest BCUT2D eigenvalue weighted by Gasteiger charge is 2.31. The van der Waals surface area contributed by atoms with Gasteiger partial charge in [0, 0.05) is 25.3 Å². The maximum absolute atomic E-state index is 12.3. The lowest BCUT2D eigenvalue weighted by Gasteiger charge is -2.30. The third-order valence-electron chi connectivity index (χ3n) is 2.92. The van der Waals surface area contributed by atoms with Crippen molar-refractivity contribution in [3.63, 3.8) is 0 Å². The Kier molecular flexibility index (Phi) is 5.31. The van der Waals surface area contributed by atoms with E-state index in [0.29, 0.717) is 11.7 Å². The van der Waals surface area contributed by atoms with E-state index in [1.54, 1.807) is 0 Å². The summed E-state index contributed by atoms with van der Waals surface area (Å²) in [5, 5.41) is 2.65. The average molecular weight is 258 g/mol. The fourth-order valence-corrected chi connectivity index (χ4v) is 2.01. The number of carbonyl (C=O) groups excluding carboxylic acids is 2. The number of carbonyl (C=O) groups is 2. The molecule has 2 amide bonds. The molecule has 17 heavy (non-hydrogen) atoms. The maximum atomic E-state index is 12.3. The van der Waals surface area contributed by atoms with Gasteiger partial charge in [-0.2, -0.15) is 12.6 Å². The van der Waals surface area contributed by atoms with Crippen LogP contribution in [0.1, 0.15) is 33.6 Å². The predicted molar refractivity (Wildman–Crippen MR) is 71.0 cm³/mol. The molecule has 1 aliphatic rings. The van der Waals surface area contributed by atoms with E-state index >= 15 is 0 Å². The second kappa shape index (κ2) is 6.28. The molecule has 0 bridgehead atoms. The number of nitrogens with one attached hydrogen (secondary N) is 1. The van der Waals surface area contributed by atoms with Gasteiger partial charge in [-0.3, -0.25) is 9.59 Å². The first-order valence-corrected chi connectivity index (χ1v) is 6.77. The van der Waals surface area contributed by atoms with Crippen molar-refractivity contribution in [1.29, 1.82) is 0 Å². The second-order valence-corrected chi connectivity index (χ2v) is 5.33. The second-order valence-electron chi connectivity index (χ2n) is 4.96. The molecule has 0 aromatic carbocycles. The summed E-state index contributed by atoms with van der Waals surface area (Å²) in [6.07, 6.45) is 2.42. The van der Waals surface area contributed by atoms with E-state index < -0.39 is 6.04 Å². The molecule has 1 aliphatic carbocycles. The maximum Gasteiger partial charge on any atom is 0.246 e. The summed E-state index contributed by atoms with van der Waals surface area (Å²) in [5.74, 6) is 0.788. The molecule has 5 heteroatoms. The van der Waals surface area contributed by atoms with Crippen LogP contribution in [0.2, 0.25) is 0 Å². The minimum atomic E-state index is -0.503. The fourth-order valence-electron chi connectivity index (χ4n) is 1.76. The Hall–Kier alpha value is -0.710. The highest BCUT2D eigenvalue weighted by atomic mass is 32.1. The number of thiol groups is 1. The quantitative estimate of drug-likeness (QED) is 0.700. The van der Waals surface area contributed by atoms with Crippen molar-refractivity contribution in [2.45, 2.75) is 45.7 Å². The molecule has 0 spiro atoms. The van der Waals surface area contributed by atoms with Gasteiger partial charge >= 0.3 is 0 Å². The van der Waals surface area contributed by atoms with Crippen LogP contribution in [0.15, 0.2) is 0 Å². The molecule has 1 atom stereocenters. The summed E-state index contributed by atoms with van der Waals surface area (Å²) in [4.78, 5) is 25.2. The number of hydrogen-bond donors (Lipinski definition) is 2. The lowest BCUT2D eigenvalue weighted by molar-refractivity contribution is -0.137. The minimum absolute atomic E-state index is 0.0166. The summed E-state index contributed by atoms with van der Waals surface area (Å²) in [7, 11) is 0. The molecule has 0 radical (unpaired) electrons. The van der Waals surface area contributed by atoms with Crippen LogP contribution in [0.3, 0.4) is 0 Å². The van der Waals surface area contributed by atoms with Gasteiger partial charge in [0.05, 0.1) is 0 Å². The highest BCUT2D eigenvalue weighted by Crippen LogP contribution is 2.30. The normalized spacial score (nSPS) is 16.8. The molecule has 1 unspecified atom stereocenters. The molecule has 0 aromatic rings. The van der Waals surface area contributed by atoms with Gasteiger partial charge < -0.3 is 10.2 Å². The Bertz CT molecular complexity index is 290. The van der Waals surface area contributed by atoms with Crippen molar-refractivity contribution >= 4 is 24.4 Å². The number of hydrogen-bond acceptors (Lipinski definition) is 3. The molecule has 1 saturated carbocycles. The van der Waals surface area contributed by atoms with Gasteiger partial charge in [-0.25, -0.2) is 0 Å². The minimum Gasteiger partial charge on any atom is -0.344 e. The summed E-state index contributed by atoms with van der Waals surface area (Å²) in [6, 6.07) is -0.337. The fraction of sp³-hybridized carbons (Fsp3) is 0.833. The average Bonchev–Trinajstić information content (AvgIpc) is 3.04. The van der Waals surface area contributed by atoms with E-state index in [0.717, 1.165) is 6.54 Å². The van der Waals surface area contributed by atoms with Crippen molar-refractivity contribution in [3.05, 3.63) is 0 Å². The van der Waals surface area contributed by atoms with E-state index in [1.807, 2.05) is 18.7 Å². The SMILES string of the molecule is CC(=O)NC(CS)C(=O)N(CC1CC1)C(C)C. The van der Waals surface area contributed by atoms with Crippen LogP contribution >= 0.6 is 12.6 Å². The van der Waals surface area contributed by atoms with Crippen LogP contribution in [0.4, 0.5) is 0 Å². The molecule has 0 heterocycles. The standard InChI is InChI=1S/C12H22N2O2S/c1-8(2)14(6-10-4-5-10)12(16)11(7-17)13-9(3)15/h8,10-11,17H,4-7H2,1-3H3,(H,13,15). The lowest BCUT2D eigenvalue weighted by atomic mass is 10.2. The molecular formula is C12H22N2O2S. The van der Waals surface area contributed by atoms with Gasteiger partial charge in [0.25, 0.3) is 0 Å². The van der Waals surface area contributed by atoms with E-state index in [4.69, 9.17) is 0 Å². The van der Waals surface area contributed by atoms with Crippen LogP contribution in [0.5, 0.6) is 0 Å². The van der Waals surface area contributed by atoms with Crippen LogP contribution in [0, 0.1) is 5.92 Å². The van der Waals surface area contributed by atoms with Gasteiger partial charge in [-0.05, 0) is 32.6 Å². The van der Waals surface area contributed by atoms with Crippen LogP contribution in [-0.4, -0.2) is 41.1 Å². The van der Waals surface area contributed by atoms with Gasteiger partial charge in [0.15, 0.2) is 0 Å². The van der Waals surface area contributed by atoms with Crippen molar-refractivity contribution in [2.75, 3.05) is 12.3 Å². The molecular weight excluding hydrogens is 236 g/mol. The third-order valence-corrected chi connectivity index (χ3v) is 3.28. The Balaban J connectivity index is 2.62. The lowest BCUT2D eigenvalue weighted by Crippen LogP contribution is -2.51. The topological polar surface area (TPSA) is 49.4 Å². The molecule has 1 rings (SSSR count). The molecule has 98 valence electrons. The van der Waals surface area contributed by atoms with E-state index in [9.17, 15) is 9.59 Å². The first kappa shape index (κ1) is 14.4. The predicted octanol–water partition coefficient (Wildman–Crippen LogP) is 1.07. The van der Waals surface area contributed by atoms with Crippen molar-refractivity contribution in [3.8, 4) is 0 Å². The zero-order chi connectivity index (χ0) is 13.0. The Morgan fingerprint density at radius 3 is 2.35 bits per heavy atom. The third kappa shape index (κ3) is 4.58. The first-order valence-electron chi connectivity index (χ1n) is 6.14. The Morgan fingerprint density at radius 2 is 2.00 bits per heavy atom. The molecule has 1 fully saturated rings. The first-order chi connectivity index (χ1) is 7.95. The zero-order valence-corrected chi connectivity index (χ0v) is 11.7. The largest absolute Gasteiger partial charge is 0.344 e. The van der Waals surface area contributed by atoms with Gasteiger partial charge in [-0.1, -0.05) is 0 Å². The molecule has 4 nitrogen and oxygen atoms in total. The highest BCUT2D eigenvalue weighted by molar-refractivity contribution is 7.80. The molecule has 0 aromatic heterocycles. The Morgan fingerprint density at radius 1 is 1.41 bits per heavy atom. The summed E-state index contributed by atoms with van der Waals surface area (Å²) in [5.41, 5.74) is 0. The van der Waals surface area contributed by atoms with Gasteiger partial charge in [0.1, 0.15) is 6.04 Å².